The molecule has 3 unspecified atom stereocenters. The Balaban J connectivity index is 2.20. The maximum absolute atomic E-state index is 10.7. The Morgan fingerprint density at radius 3 is 2.33 bits per heavy atom. The predicted octanol–water partition coefficient (Wildman–Crippen LogP) is 1.94. The van der Waals surface area contributed by atoms with Crippen LogP contribution in [-0.4, -0.2) is 11.0 Å². The highest BCUT2D eigenvalue weighted by Gasteiger charge is 2.68. The Hall–Kier alpha value is -0.600. The van der Waals surface area contributed by atoms with E-state index in [4.69, 9.17) is 0 Å². The summed E-state index contributed by atoms with van der Waals surface area (Å²) in [5.41, 5.74) is 0.210. The van der Waals surface area contributed by atoms with E-state index in [1.165, 1.54) is 0 Å². The molecule has 0 bridgehead atoms. The summed E-state index contributed by atoms with van der Waals surface area (Å²) in [5, 5.41) is 10.7. The van der Waals surface area contributed by atoms with Crippen LogP contribution in [0.15, 0.2) is 0 Å². The van der Waals surface area contributed by atoms with Crippen LogP contribution < -0.4 is 0 Å². The molecule has 4 atom stereocenters. The number of nitrogens with zero attached hydrogens (tertiary/aromatic N) is 1. The van der Waals surface area contributed by atoms with Gasteiger partial charge in [0, 0.05) is 17.3 Å². The van der Waals surface area contributed by atoms with Gasteiger partial charge in [-0.05, 0) is 17.3 Å². The first-order chi connectivity index (χ1) is 5.45. The second kappa shape index (κ2) is 2.01. The Kier molecular flexibility index (Phi) is 1.34. The van der Waals surface area contributed by atoms with E-state index in [0.717, 1.165) is 6.42 Å². The lowest BCUT2D eigenvalue weighted by atomic mass is 9.85. The van der Waals surface area contributed by atoms with Crippen LogP contribution in [0.3, 0.4) is 0 Å². The number of rotatable bonds is 1. The standard InChI is InChI=1S/C9H15NO2/c1-5-7-6(10(11)12)4-9(2,3)8(5)7/h5-8H,4H2,1-3H3/t5-,6?,7?,8?/m0/s1. The molecule has 0 spiro atoms. The Morgan fingerprint density at radius 1 is 1.50 bits per heavy atom. The minimum Gasteiger partial charge on any atom is -0.264 e. The molecule has 3 heteroatoms. The Morgan fingerprint density at radius 2 is 2.08 bits per heavy atom. The molecule has 0 N–H and O–H groups in total. The topological polar surface area (TPSA) is 43.1 Å². The molecule has 0 radical (unpaired) electrons. The van der Waals surface area contributed by atoms with Crippen molar-refractivity contribution in [2.45, 2.75) is 33.2 Å². The van der Waals surface area contributed by atoms with Gasteiger partial charge in [0.05, 0.1) is 0 Å². The largest absolute Gasteiger partial charge is 0.264 e. The van der Waals surface area contributed by atoms with E-state index in [-0.39, 0.29) is 16.4 Å². The third-order valence-electron chi connectivity index (χ3n) is 3.80. The lowest BCUT2D eigenvalue weighted by Gasteiger charge is -2.20. The molecule has 12 heavy (non-hydrogen) atoms. The zero-order chi connectivity index (χ0) is 9.09. The zero-order valence-corrected chi connectivity index (χ0v) is 7.78. The van der Waals surface area contributed by atoms with E-state index in [9.17, 15) is 10.1 Å². The maximum atomic E-state index is 10.7. The van der Waals surface area contributed by atoms with Gasteiger partial charge in [-0.2, -0.15) is 0 Å². The first-order valence-corrected chi connectivity index (χ1v) is 4.58. The SMILES string of the molecule is C[C@H]1C2C([N+](=O)[O-])CC(C)(C)C21. The predicted molar refractivity (Wildman–Crippen MR) is 45.3 cm³/mol. The Bertz CT molecular complexity index is 237. The third kappa shape index (κ3) is 0.822. The second-order valence-electron chi connectivity index (χ2n) is 5.01. The smallest absolute Gasteiger partial charge is 0.217 e. The van der Waals surface area contributed by atoms with Gasteiger partial charge in [0.2, 0.25) is 6.04 Å². The molecule has 2 aliphatic carbocycles. The fourth-order valence-electron chi connectivity index (χ4n) is 3.34. The van der Waals surface area contributed by atoms with Gasteiger partial charge in [0.15, 0.2) is 0 Å². The van der Waals surface area contributed by atoms with Crippen molar-refractivity contribution in [3.8, 4) is 0 Å². The highest BCUT2D eigenvalue weighted by Crippen LogP contribution is 2.66. The van der Waals surface area contributed by atoms with Crippen LogP contribution in [0.4, 0.5) is 0 Å². The number of nitro groups is 1. The van der Waals surface area contributed by atoms with E-state index < -0.39 is 0 Å². The molecule has 2 rings (SSSR count). The van der Waals surface area contributed by atoms with Crippen molar-refractivity contribution in [1.82, 2.24) is 0 Å². The van der Waals surface area contributed by atoms with Crippen LogP contribution >= 0.6 is 0 Å². The first kappa shape index (κ1) is 8.02. The molecular formula is C9H15NO2. The fourth-order valence-corrected chi connectivity index (χ4v) is 3.34. The van der Waals surface area contributed by atoms with E-state index in [0.29, 0.717) is 17.8 Å². The first-order valence-electron chi connectivity index (χ1n) is 4.58. The summed E-state index contributed by atoms with van der Waals surface area (Å²) < 4.78 is 0. The Labute approximate surface area is 72.3 Å². The van der Waals surface area contributed by atoms with Crippen LogP contribution in [0.5, 0.6) is 0 Å². The lowest BCUT2D eigenvalue weighted by molar-refractivity contribution is -0.527. The molecule has 0 aromatic carbocycles. The molecule has 0 aliphatic heterocycles. The van der Waals surface area contributed by atoms with Gasteiger partial charge < -0.3 is 0 Å². The molecule has 3 nitrogen and oxygen atoms in total. The minimum absolute atomic E-state index is 0.0735. The van der Waals surface area contributed by atoms with Crippen LogP contribution in [-0.2, 0) is 0 Å². The second-order valence-corrected chi connectivity index (χ2v) is 5.01. The average molecular weight is 169 g/mol. The van der Waals surface area contributed by atoms with Gasteiger partial charge in [-0.3, -0.25) is 10.1 Å². The molecule has 0 heterocycles. The summed E-state index contributed by atoms with van der Waals surface area (Å²) in [6.07, 6.45) is 0.777. The summed E-state index contributed by atoms with van der Waals surface area (Å²) >= 11 is 0. The van der Waals surface area contributed by atoms with Gasteiger partial charge >= 0.3 is 0 Å². The summed E-state index contributed by atoms with van der Waals surface area (Å²) in [6, 6.07) is -0.250. The van der Waals surface area contributed by atoms with Crippen LogP contribution in [0.1, 0.15) is 27.2 Å². The van der Waals surface area contributed by atoms with Crippen molar-refractivity contribution in [3.63, 3.8) is 0 Å². The minimum atomic E-state index is -0.250. The van der Waals surface area contributed by atoms with Gasteiger partial charge in [-0.1, -0.05) is 20.8 Å². The normalized spacial score (nSPS) is 48.6. The number of fused-ring (bicyclic) bond motifs is 1. The van der Waals surface area contributed by atoms with Crippen LogP contribution in [0.2, 0.25) is 0 Å². The lowest BCUT2D eigenvalue weighted by Crippen LogP contribution is -2.24. The summed E-state index contributed by atoms with van der Waals surface area (Å²) in [6.45, 7) is 6.47. The fraction of sp³-hybridized carbons (Fsp3) is 1.00. The van der Waals surface area contributed by atoms with Gasteiger partial charge in [0.1, 0.15) is 0 Å². The monoisotopic (exact) mass is 169 g/mol. The summed E-state index contributed by atoms with van der Waals surface area (Å²) in [4.78, 5) is 10.6. The molecule has 2 aliphatic rings. The highest BCUT2D eigenvalue weighted by molar-refractivity contribution is 5.11. The van der Waals surface area contributed by atoms with E-state index in [1.54, 1.807) is 0 Å². The van der Waals surface area contributed by atoms with Crippen molar-refractivity contribution < 1.29 is 4.92 Å². The average Bonchev–Trinajstić information content (AvgIpc) is 2.46. The molecular weight excluding hydrogens is 154 g/mol. The van der Waals surface area contributed by atoms with Crippen molar-refractivity contribution >= 4 is 0 Å². The van der Waals surface area contributed by atoms with Crippen molar-refractivity contribution in [3.05, 3.63) is 10.1 Å². The van der Waals surface area contributed by atoms with Crippen molar-refractivity contribution in [1.29, 1.82) is 0 Å². The molecule has 2 saturated carbocycles. The van der Waals surface area contributed by atoms with E-state index >= 15 is 0 Å². The molecule has 2 fully saturated rings. The summed E-state index contributed by atoms with van der Waals surface area (Å²) in [5.74, 6) is 1.59. The van der Waals surface area contributed by atoms with E-state index in [2.05, 4.69) is 20.8 Å². The van der Waals surface area contributed by atoms with Gasteiger partial charge in [-0.25, -0.2) is 0 Å². The van der Waals surface area contributed by atoms with Crippen molar-refractivity contribution in [2.75, 3.05) is 0 Å². The molecule has 0 saturated heterocycles. The van der Waals surface area contributed by atoms with Crippen LogP contribution in [0, 0.1) is 33.3 Å². The number of hydrogen-bond acceptors (Lipinski definition) is 2. The van der Waals surface area contributed by atoms with E-state index in [1.807, 2.05) is 0 Å². The van der Waals surface area contributed by atoms with Crippen molar-refractivity contribution in [2.24, 2.45) is 23.2 Å². The van der Waals surface area contributed by atoms with Crippen LogP contribution in [0.25, 0.3) is 0 Å². The summed E-state index contributed by atoms with van der Waals surface area (Å²) in [7, 11) is 0. The molecule has 68 valence electrons. The van der Waals surface area contributed by atoms with Gasteiger partial charge in [-0.15, -0.1) is 0 Å². The quantitative estimate of drug-likeness (QED) is 0.444. The number of hydrogen-bond donors (Lipinski definition) is 0. The molecule has 0 aromatic rings. The molecule has 0 amide bonds. The molecule has 0 aromatic heterocycles. The third-order valence-corrected chi connectivity index (χ3v) is 3.80. The zero-order valence-electron chi connectivity index (χ0n) is 7.78. The highest BCUT2D eigenvalue weighted by atomic mass is 16.6. The maximum Gasteiger partial charge on any atom is 0.217 e. The van der Waals surface area contributed by atoms with Gasteiger partial charge in [0.25, 0.3) is 0 Å².